The zero-order valence-electron chi connectivity index (χ0n) is 8.66. The zero-order valence-corrected chi connectivity index (χ0v) is 8.66. The third-order valence-corrected chi connectivity index (χ3v) is 2.59. The predicted octanol–water partition coefficient (Wildman–Crippen LogP) is 0.501. The Hall–Kier alpha value is -1.88. The highest BCUT2D eigenvalue weighted by atomic mass is 16.5. The lowest BCUT2D eigenvalue weighted by molar-refractivity contribution is -0.155. The van der Waals surface area contributed by atoms with Gasteiger partial charge in [-0.15, -0.1) is 0 Å². The second-order valence-corrected chi connectivity index (χ2v) is 3.48. The summed E-state index contributed by atoms with van der Waals surface area (Å²) in [6.07, 6.45) is -0.877. The van der Waals surface area contributed by atoms with E-state index < -0.39 is 18.1 Å². The number of amides is 1. The Bertz CT molecular complexity index is 417. The van der Waals surface area contributed by atoms with Gasteiger partial charge in [0.1, 0.15) is 0 Å². The number of carbonyl (C=O) groups is 2. The second-order valence-electron chi connectivity index (χ2n) is 3.48. The van der Waals surface area contributed by atoms with Gasteiger partial charge in [-0.1, -0.05) is 18.2 Å². The van der Waals surface area contributed by atoms with Gasteiger partial charge in [-0.05, 0) is 12.1 Å². The maximum Gasteiger partial charge on any atom is 0.330 e. The molecule has 2 rings (SSSR count). The molecule has 1 aliphatic heterocycles. The van der Waals surface area contributed by atoms with Crippen LogP contribution in [0.25, 0.3) is 0 Å². The summed E-state index contributed by atoms with van der Waals surface area (Å²) in [4.78, 5) is 23.9. The molecule has 0 aromatic heterocycles. The summed E-state index contributed by atoms with van der Waals surface area (Å²) >= 11 is 0. The maximum absolute atomic E-state index is 11.6. The average Bonchev–Trinajstić information content (AvgIpc) is 2.27. The number of benzene rings is 1. The maximum atomic E-state index is 11.6. The Labute approximate surface area is 92.2 Å². The summed E-state index contributed by atoms with van der Waals surface area (Å²) in [5.41, 5.74) is 0.577. The molecule has 1 aromatic carbocycles. The minimum absolute atomic E-state index is 0.318. The number of β-lactam (4-membered cyclic amide) rings is 1. The number of carboxylic acid groups (broad SMARTS) is 1. The van der Waals surface area contributed by atoms with Gasteiger partial charge in [0, 0.05) is 12.8 Å². The number of carbonyl (C=O) groups excluding carboxylic acids is 1. The van der Waals surface area contributed by atoms with E-state index in [2.05, 4.69) is 0 Å². The lowest BCUT2D eigenvalue weighted by Gasteiger charge is -2.43. The van der Waals surface area contributed by atoms with Gasteiger partial charge in [0.05, 0.1) is 0 Å². The molecular formula is C11H11NO4. The smallest absolute Gasteiger partial charge is 0.330 e. The van der Waals surface area contributed by atoms with Gasteiger partial charge in [0.2, 0.25) is 0 Å². The number of hydrogen-bond donors (Lipinski definition) is 1. The fraction of sp³-hybridized carbons (Fsp3) is 0.273. The van der Waals surface area contributed by atoms with E-state index in [0.717, 1.165) is 0 Å². The molecule has 1 heterocycles. The summed E-state index contributed by atoms with van der Waals surface area (Å²) in [6.45, 7) is 0. The molecular weight excluding hydrogens is 210 g/mol. The van der Waals surface area contributed by atoms with E-state index in [1.807, 2.05) is 0 Å². The number of aliphatic carboxylic acids is 1. The Morgan fingerprint density at radius 1 is 1.38 bits per heavy atom. The monoisotopic (exact) mass is 221 g/mol. The first-order chi connectivity index (χ1) is 7.66. The van der Waals surface area contributed by atoms with Crippen LogP contribution >= 0.6 is 0 Å². The van der Waals surface area contributed by atoms with E-state index >= 15 is 0 Å². The van der Waals surface area contributed by atoms with Crippen LogP contribution in [0, 0.1) is 0 Å². The van der Waals surface area contributed by atoms with Gasteiger partial charge < -0.3 is 9.84 Å². The second kappa shape index (κ2) is 3.94. The third kappa shape index (κ3) is 1.45. The van der Waals surface area contributed by atoms with Crippen molar-refractivity contribution in [1.82, 2.24) is 0 Å². The number of rotatable bonds is 3. The molecule has 1 fully saturated rings. The van der Waals surface area contributed by atoms with E-state index in [4.69, 9.17) is 9.84 Å². The average molecular weight is 221 g/mol. The minimum atomic E-state index is -1.06. The van der Waals surface area contributed by atoms with Gasteiger partial charge in [-0.2, -0.15) is 0 Å². The van der Waals surface area contributed by atoms with Crippen LogP contribution in [0.1, 0.15) is 0 Å². The summed E-state index contributed by atoms with van der Waals surface area (Å²) in [6, 6.07) is 7.76. The van der Waals surface area contributed by atoms with Crippen LogP contribution in [0.2, 0.25) is 0 Å². The topological polar surface area (TPSA) is 66.8 Å². The third-order valence-electron chi connectivity index (χ3n) is 2.59. The van der Waals surface area contributed by atoms with Crippen molar-refractivity contribution in [2.45, 2.75) is 12.1 Å². The highest BCUT2D eigenvalue weighted by molar-refractivity contribution is 6.12. The predicted molar refractivity (Wildman–Crippen MR) is 56.1 cm³/mol. The van der Waals surface area contributed by atoms with Crippen molar-refractivity contribution in [3.05, 3.63) is 30.3 Å². The quantitative estimate of drug-likeness (QED) is 0.755. The number of anilines is 1. The highest BCUT2D eigenvalue weighted by Gasteiger charge is 2.53. The normalized spacial score (nSPS) is 24.1. The number of nitrogens with zero attached hydrogens (tertiary/aromatic N) is 1. The molecule has 0 aliphatic carbocycles. The largest absolute Gasteiger partial charge is 0.480 e. The molecule has 1 aromatic rings. The van der Waals surface area contributed by atoms with E-state index in [0.29, 0.717) is 5.69 Å². The van der Waals surface area contributed by atoms with Crippen molar-refractivity contribution in [3.8, 4) is 0 Å². The standard InChI is InChI=1S/C11H11NO4/c1-16-9-8(11(14)15)12(10(9)13)7-5-3-2-4-6-7/h2-6,8-9H,1H3,(H,14,15)/t8-,9-/m0/s1. The van der Waals surface area contributed by atoms with Crippen molar-refractivity contribution < 1.29 is 19.4 Å². The molecule has 2 atom stereocenters. The van der Waals surface area contributed by atoms with Crippen molar-refractivity contribution in [2.75, 3.05) is 12.0 Å². The van der Waals surface area contributed by atoms with Crippen LogP contribution < -0.4 is 4.90 Å². The molecule has 1 aliphatic rings. The van der Waals surface area contributed by atoms with Crippen LogP contribution in [0.3, 0.4) is 0 Å². The molecule has 0 spiro atoms. The molecule has 1 amide bonds. The van der Waals surface area contributed by atoms with Gasteiger partial charge in [0.25, 0.3) is 5.91 Å². The molecule has 5 heteroatoms. The van der Waals surface area contributed by atoms with E-state index in [1.165, 1.54) is 12.0 Å². The Balaban J connectivity index is 2.29. The molecule has 0 bridgehead atoms. The number of methoxy groups -OCH3 is 1. The Kier molecular flexibility index (Phi) is 2.62. The fourth-order valence-corrected chi connectivity index (χ4v) is 1.81. The van der Waals surface area contributed by atoms with Crippen LogP contribution in [-0.2, 0) is 14.3 Å². The van der Waals surface area contributed by atoms with Crippen molar-refractivity contribution in [1.29, 1.82) is 0 Å². The van der Waals surface area contributed by atoms with Crippen molar-refractivity contribution >= 4 is 17.6 Å². The molecule has 1 N–H and O–H groups in total. The first-order valence-corrected chi connectivity index (χ1v) is 4.80. The van der Waals surface area contributed by atoms with E-state index in [1.54, 1.807) is 30.3 Å². The molecule has 0 unspecified atom stereocenters. The van der Waals surface area contributed by atoms with Gasteiger partial charge in [0.15, 0.2) is 12.1 Å². The lowest BCUT2D eigenvalue weighted by atomic mass is 9.97. The molecule has 0 saturated carbocycles. The molecule has 84 valence electrons. The fourth-order valence-electron chi connectivity index (χ4n) is 1.81. The summed E-state index contributed by atoms with van der Waals surface area (Å²) in [5, 5.41) is 9.01. The Morgan fingerprint density at radius 2 is 2.00 bits per heavy atom. The van der Waals surface area contributed by atoms with E-state index in [9.17, 15) is 9.59 Å². The number of ether oxygens (including phenoxy) is 1. The summed E-state index contributed by atoms with van der Waals surface area (Å²) in [5.74, 6) is -1.38. The minimum Gasteiger partial charge on any atom is -0.480 e. The number of carboxylic acids is 1. The van der Waals surface area contributed by atoms with E-state index in [-0.39, 0.29) is 5.91 Å². The van der Waals surface area contributed by atoms with Gasteiger partial charge in [-0.3, -0.25) is 9.69 Å². The first-order valence-electron chi connectivity index (χ1n) is 4.80. The van der Waals surface area contributed by atoms with Crippen LogP contribution in [0.5, 0.6) is 0 Å². The van der Waals surface area contributed by atoms with Crippen molar-refractivity contribution in [2.24, 2.45) is 0 Å². The molecule has 16 heavy (non-hydrogen) atoms. The Morgan fingerprint density at radius 3 is 2.50 bits per heavy atom. The zero-order chi connectivity index (χ0) is 11.7. The molecule has 5 nitrogen and oxygen atoms in total. The lowest BCUT2D eigenvalue weighted by Crippen LogP contribution is -2.69. The van der Waals surface area contributed by atoms with Gasteiger partial charge in [-0.25, -0.2) is 4.79 Å². The SMILES string of the molecule is CO[C@@H]1C(=O)N(c2ccccc2)[C@@H]1C(=O)O. The molecule has 0 radical (unpaired) electrons. The summed E-state index contributed by atoms with van der Waals surface area (Å²) < 4.78 is 4.85. The van der Waals surface area contributed by atoms with Crippen LogP contribution in [-0.4, -0.2) is 36.2 Å². The van der Waals surface area contributed by atoms with Gasteiger partial charge >= 0.3 is 5.97 Å². The van der Waals surface area contributed by atoms with Crippen molar-refractivity contribution in [3.63, 3.8) is 0 Å². The number of hydrogen-bond acceptors (Lipinski definition) is 3. The molecule has 1 saturated heterocycles. The highest BCUT2D eigenvalue weighted by Crippen LogP contribution is 2.29. The number of para-hydroxylation sites is 1. The first kappa shape index (κ1) is 10.6. The van der Waals surface area contributed by atoms with Crippen LogP contribution in [0.4, 0.5) is 5.69 Å². The van der Waals surface area contributed by atoms with Crippen LogP contribution in [0.15, 0.2) is 30.3 Å². The summed E-state index contributed by atoms with van der Waals surface area (Å²) in [7, 11) is 1.33.